The molecule has 0 unspecified atom stereocenters. The average molecular weight is 575 g/mol. The molecule has 9 aromatic rings. The highest BCUT2D eigenvalue weighted by atomic mass is 15.0. The van der Waals surface area contributed by atoms with E-state index in [9.17, 15) is 0 Å². The van der Waals surface area contributed by atoms with Crippen molar-refractivity contribution in [2.24, 2.45) is 0 Å². The van der Waals surface area contributed by atoms with Crippen molar-refractivity contribution >= 4 is 43.4 Å². The quantitative estimate of drug-likeness (QED) is 0.196. The normalized spacial score (nSPS) is 11.6. The van der Waals surface area contributed by atoms with E-state index in [1.165, 1.54) is 38.0 Å². The van der Waals surface area contributed by atoms with Gasteiger partial charge in [0.15, 0.2) is 17.5 Å². The van der Waals surface area contributed by atoms with Crippen molar-refractivity contribution in [2.75, 3.05) is 0 Å². The lowest BCUT2D eigenvalue weighted by Crippen LogP contribution is -2.00. The molecule has 0 aliphatic heterocycles. The Kier molecular flexibility index (Phi) is 5.78. The molecule has 0 amide bonds. The molecule has 0 atom stereocenters. The third kappa shape index (κ3) is 4.27. The second-order valence-electron chi connectivity index (χ2n) is 11.3. The summed E-state index contributed by atoms with van der Waals surface area (Å²) in [7, 11) is 0. The third-order valence-corrected chi connectivity index (χ3v) is 8.62. The van der Waals surface area contributed by atoms with E-state index in [1.54, 1.807) is 0 Å². The topological polar surface area (TPSA) is 43.6 Å². The summed E-state index contributed by atoms with van der Waals surface area (Å²) in [6.07, 6.45) is 0. The van der Waals surface area contributed by atoms with Gasteiger partial charge in [-0.3, -0.25) is 0 Å². The van der Waals surface area contributed by atoms with Crippen molar-refractivity contribution < 1.29 is 0 Å². The number of fused-ring (bicyclic) bond motifs is 6. The maximum atomic E-state index is 4.93. The Morgan fingerprint density at radius 2 is 0.800 bits per heavy atom. The van der Waals surface area contributed by atoms with Crippen LogP contribution in [0.4, 0.5) is 0 Å². The monoisotopic (exact) mass is 574 g/mol. The van der Waals surface area contributed by atoms with Crippen LogP contribution in [0.3, 0.4) is 0 Å². The summed E-state index contributed by atoms with van der Waals surface area (Å²) in [5, 5.41) is 7.30. The van der Waals surface area contributed by atoms with Crippen LogP contribution in [-0.2, 0) is 0 Å². The minimum atomic E-state index is 0.659. The molecule has 0 saturated heterocycles. The van der Waals surface area contributed by atoms with Crippen molar-refractivity contribution in [3.05, 3.63) is 158 Å². The van der Waals surface area contributed by atoms with Gasteiger partial charge in [0.25, 0.3) is 0 Å². The highest BCUT2D eigenvalue weighted by Crippen LogP contribution is 2.35. The number of aromatic nitrogens is 4. The summed E-state index contributed by atoms with van der Waals surface area (Å²) in [5.74, 6) is 1.98. The molecule has 0 aliphatic rings. The molecule has 0 fully saturated rings. The molecule has 210 valence electrons. The Morgan fingerprint density at radius 3 is 1.38 bits per heavy atom. The van der Waals surface area contributed by atoms with Gasteiger partial charge >= 0.3 is 0 Å². The molecule has 0 N–H and O–H groups in total. The fraction of sp³-hybridized carbons (Fsp3) is 0. The fourth-order valence-corrected chi connectivity index (χ4v) is 6.48. The van der Waals surface area contributed by atoms with E-state index in [2.05, 4.69) is 102 Å². The van der Waals surface area contributed by atoms with Crippen molar-refractivity contribution in [3.63, 3.8) is 0 Å². The lowest BCUT2D eigenvalue weighted by molar-refractivity contribution is 1.07. The van der Waals surface area contributed by atoms with Crippen LogP contribution in [0.15, 0.2) is 158 Å². The minimum absolute atomic E-state index is 0.659. The Labute approximate surface area is 259 Å². The van der Waals surface area contributed by atoms with Gasteiger partial charge in [-0.1, -0.05) is 127 Å². The molecule has 4 nitrogen and oxygen atoms in total. The van der Waals surface area contributed by atoms with Gasteiger partial charge in [0, 0.05) is 33.2 Å². The molecule has 0 radical (unpaired) electrons. The van der Waals surface area contributed by atoms with Gasteiger partial charge in [-0.25, -0.2) is 15.0 Å². The second-order valence-corrected chi connectivity index (χ2v) is 11.3. The highest BCUT2D eigenvalue weighted by Gasteiger charge is 2.15. The molecule has 0 spiro atoms. The predicted molar refractivity (Wildman–Crippen MR) is 185 cm³/mol. The summed E-state index contributed by atoms with van der Waals surface area (Å²) in [5.41, 5.74) is 6.47. The Bertz CT molecular complexity index is 2420. The Hall–Kier alpha value is -6.13. The number of benzene rings is 7. The first-order chi connectivity index (χ1) is 22.3. The van der Waals surface area contributed by atoms with E-state index < -0.39 is 0 Å². The summed E-state index contributed by atoms with van der Waals surface area (Å²) < 4.78 is 2.37. The zero-order chi connectivity index (χ0) is 29.7. The third-order valence-electron chi connectivity index (χ3n) is 8.62. The van der Waals surface area contributed by atoms with Crippen LogP contribution < -0.4 is 0 Å². The van der Waals surface area contributed by atoms with Crippen molar-refractivity contribution in [2.45, 2.75) is 0 Å². The molecular formula is C41H26N4. The first-order valence-electron chi connectivity index (χ1n) is 15.1. The van der Waals surface area contributed by atoms with E-state index in [4.69, 9.17) is 15.0 Å². The number of para-hydroxylation sites is 2. The van der Waals surface area contributed by atoms with Crippen molar-refractivity contribution in [1.29, 1.82) is 0 Å². The standard InChI is InChI=1S/C41H26N4/c1-3-11-27(12-4-1)39-42-40(28-13-5-2-6-14-28)44-41(43-39)31-21-23-33-29(25-31)19-20-30-26-32(22-24-34(30)33)45-37-17-9-7-15-35(37)36-16-8-10-18-38(36)45/h1-26H. The number of hydrogen-bond donors (Lipinski definition) is 0. The van der Waals surface area contributed by atoms with Gasteiger partial charge in [-0.2, -0.15) is 0 Å². The van der Waals surface area contributed by atoms with Crippen LogP contribution in [0.2, 0.25) is 0 Å². The van der Waals surface area contributed by atoms with Crippen LogP contribution in [0, 0.1) is 0 Å². The lowest BCUT2D eigenvalue weighted by Gasteiger charge is -2.12. The largest absolute Gasteiger partial charge is 0.309 e. The lowest BCUT2D eigenvalue weighted by atomic mass is 9.99. The number of nitrogens with zero attached hydrogens (tertiary/aromatic N) is 4. The number of rotatable bonds is 4. The van der Waals surface area contributed by atoms with Crippen molar-refractivity contribution in [1.82, 2.24) is 19.5 Å². The van der Waals surface area contributed by atoms with Gasteiger partial charge in [0.2, 0.25) is 0 Å². The smallest absolute Gasteiger partial charge is 0.164 e. The van der Waals surface area contributed by atoms with E-state index in [0.717, 1.165) is 27.8 Å². The summed E-state index contributed by atoms with van der Waals surface area (Å²) in [4.78, 5) is 14.7. The Morgan fingerprint density at radius 1 is 0.333 bits per heavy atom. The second kappa shape index (κ2) is 10.2. The molecule has 2 heterocycles. The van der Waals surface area contributed by atoms with Gasteiger partial charge in [0.1, 0.15) is 0 Å². The van der Waals surface area contributed by atoms with Crippen LogP contribution in [0.5, 0.6) is 0 Å². The molecular weight excluding hydrogens is 548 g/mol. The molecule has 4 heteroatoms. The molecule has 9 rings (SSSR count). The molecule has 45 heavy (non-hydrogen) atoms. The van der Waals surface area contributed by atoms with Gasteiger partial charge in [-0.05, 0) is 51.9 Å². The van der Waals surface area contributed by atoms with Crippen LogP contribution in [0.1, 0.15) is 0 Å². The number of hydrogen-bond acceptors (Lipinski definition) is 3. The summed E-state index contributed by atoms with van der Waals surface area (Å²) >= 11 is 0. The van der Waals surface area contributed by atoms with E-state index in [0.29, 0.717) is 17.5 Å². The maximum Gasteiger partial charge on any atom is 0.164 e. The highest BCUT2D eigenvalue weighted by molar-refractivity contribution is 6.11. The zero-order valence-corrected chi connectivity index (χ0v) is 24.3. The first kappa shape index (κ1) is 25.4. The molecule has 7 aromatic carbocycles. The molecule has 0 aliphatic carbocycles. The average Bonchev–Trinajstić information content (AvgIpc) is 3.46. The van der Waals surface area contributed by atoms with Crippen LogP contribution in [0.25, 0.3) is 83.2 Å². The van der Waals surface area contributed by atoms with E-state index in [1.807, 2.05) is 60.7 Å². The summed E-state index contributed by atoms with van der Waals surface area (Å²) in [6.45, 7) is 0. The molecule has 2 aromatic heterocycles. The fourth-order valence-electron chi connectivity index (χ4n) is 6.48. The van der Waals surface area contributed by atoms with Crippen molar-refractivity contribution in [3.8, 4) is 39.9 Å². The van der Waals surface area contributed by atoms with Crippen LogP contribution in [-0.4, -0.2) is 19.5 Å². The van der Waals surface area contributed by atoms with E-state index in [-0.39, 0.29) is 0 Å². The predicted octanol–water partition coefficient (Wildman–Crippen LogP) is 10.3. The van der Waals surface area contributed by atoms with Gasteiger partial charge in [-0.15, -0.1) is 0 Å². The molecule has 0 bridgehead atoms. The van der Waals surface area contributed by atoms with E-state index >= 15 is 0 Å². The zero-order valence-electron chi connectivity index (χ0n) is 24.3. The minimum Gasteiger partial charge on any atom is -0.309 e. The Balaban J connectivity index is 1.17. The van der Waals surface area contributed by atoms with Gasteiger partial charge in [0.05, 0.1) is 11.0 Å². The summed E-state index contributed by atoms with van der Waals surface area (Å²) in [6, 6.07) is 55.2. The van der Waals surface area contributed by atoms with Crippen LogP contribution >= 0.6 is 0 Å². The SMILES string of the molecule is c1ccc(-c2nc(-c3ccccc3)nc(-c3ccc4c(ccc5cc(-n6c7ccccc7c7ccccc76)ccc54)c3)n2)cc1. The van der Waals surface area contributed by atoms with Gasteiger partial charge < -0.3 is 4.57 Å². The maximum absolute atomic E-state index is 4.93. The molecule has 0 saturated carbocycles. The first-order valence-corrected chi connectivity index (χ1v) is 15.1.